The van der Waals surface area contributed by atoms with Crippen LogP contribution in [0.2, 0.25) is 0 Å². The van der Waals surface area contributed by atoms with Crippen LogP contribution in [0.4, 0.5) is 0 Å². The van der Waals surface area contributed by atoms with Gasteiger partial charge in [-0.05, 0) is 18.6 Å². The molecule has 1 aliphatic heterocycles. The highest BCUT2D eigenvalue weighted by atomic mass is 16.5. The van der Waals surface area contributed by atoms with E-state index in [0.717, 1.165) is 5.75 Å². The lowest BCUT2D eigenvalue weighted by Gasteiger charge is -2.19. The lowest BCUT2D eigenvalue weighted by atomic mass is 10.2. The molecule has 1 N–H and O–H groups in total. The average molecular weight is 276 g/mol. The van der Waals surface area contributed by atoms with Crippen molar-refractivity contribution in [2.75, 3.05) is 26.2 Å². The Bertz CT molecular complexity index is 448. The highest BCUT2D eigenvalue weighted by molar-refractivity contribution is 5.80. The van der Waals surface area contributed by atoms with E-state index in [-0.39, 0.29) is 11.8 Å². The minimum atomic E-state index is 0.0210. The molecule has 1 aliphatic rings. The van der Waals surface area contributed by atoms with E-state index < -0.39 is 0 Å². The fourth-order valence-corrected chi connectivity index (χ4v) is 2.10. The predicted octanol–water partition coefficient (Wildman–Crippen LogP) is 1.19. The molecule has 108 valence electrons. The first-order chi connectivity index (χ1) is 9.75. The molecule has 0 saturated carbocycles. The topological polar surface area (TPSA) is 58.6 Å². The van der Waals surface area contributed by atoms with Crippen LogP contribution in [0.3, 0.4) is 0 Å². The number of hydrogen-bond donors (Lipinski definition) is 1. The van der Waals surface area contributed by atoms with Crippen molar-refractivity contribution in [2.24, 2.45) is 0 Å². The van der Waals surface area contributed by atoms with Gasteiger partial charge < -0.3 is 15.0 Å². The van der Waals surface area contributed by atoms with Crippen LogP contribution < -0.4 is 10.1 Å². The zero-order valence-corrected chi connectivity index (χ0v) is 11.5. The third kappa shape index (κ3) is 4.57. The second-order valence-electron chi connectivity index (χ2n) is 4.75. The van der Waals surface area contributed by atoms with Gasteiger partial charge in [-0.15, -0.1) is 0 Å². The van der Waals surface area contributed by atoms with Gasteiger partial charge in [0.05, 0.1) is 6.61 Å². The number of carbonyl (C=O) groups is 2. The van der Waals surface area contributed by atoms with E-state index in [4.69, 9.17) is 4.74 Å². The van der Waals surface area contributed by atoms with Crippen LogP contribution in [0.15, 0.2) is 30.3 Å². The quantitative estimate of drug-likeness (QED) is 0.822. The number of nitrogens with one attached hydrogen (secondary N) is 1. The Morgan fingerprint density at radius 1 is 1.25 bits per heavy atom. The molecule has 0 aromatic heterocycles. The van der Waals surface area contributed by atoms with Crippen molar-refractivity contribution in [1.29, 1.82) is 0 Å². The Hall–Kier alpha value is -2.04. The standard InChI is InChI=1S/C15H20N2O3/c18-14-8-10-17(11-9-16-14)15(19)7-4-12-20-13-5-2-1-3-6-13/h1-3,5-6H,4,7-12H2,(H,16,18). The third-order valence-electron chi connectivity index (χ3n) is 3.21. The van der Waals surface area contributed by atoms with Gasteiger partial charge in [0.15, 0.2) is 0 Å². The van der Waals surface area contributed by atoms with E-state index in [0.29, 0.717) is 45.5 Å². The summed E-state index contributed by atoms with van der Waals surface area (Å²) >= 11 is 0. The van der Waals surface area contributed by atoms with Crippen molar-refractivity contribution < 1.29 is 14.3 Å². The van der Waals surface area contributed by atoms with Crippen LogP contribution in [0.1, 0.15) is 19.3 Å². The molecular formula is C15H20N2O3. The summed E-state index contributed by atoms with van der Waals surface area (Å²) < 4.78 is 5.55. The van der Waals surface area contributed by atoms with Crippen LogP contribution in [0.25, 0.3) is 0 Å². The molecule has 2 rings (SSSR count). The number of para-hydroxylation sites is 1. The summed E-state index contributed by atoms with van der Waals surface area (Å²) in [7, 11) is 0. The van der Waals surface area contributed by atoms with E-state index in [2.05, 4.69) is 5.32 Å². The molecular weight excluding hydrogens is 256 g/mol. The molecule has 1 saturated heterocycles. The van der Waals surface area contributed by atoms with Gasteiger partial charge in [0.2, 0.25) is 11.8 Å². The molecule has 0 aliphatic carbocycles. The predicted molar refractivity (Wildman–Crippen MR) is 75.4 cm³/mol. The van der Waals surface area contributed by atoms with E-state index in [1.165, 1.54) is 0 Å². The molecule has 1 aromatic carbocycles. The fourth-order valence-electron chi connectivity index (χ4n) is 2.10. The number of rotatable bonds is 5. The summed E-state index contributed by atoms with van der Waals surface area (Å²) in [4.78, 5) is 24.9. The maximum atomic E-state index is 12.0. The number of carbonyl (C=O) groups excluding carboxylic acids is 2. The van der Waals surface area contributed by atoms with Crippen LogP contribution in [-0.2, 0) is 9.59 Å². The van der Waals surface area contributed by atoms with Gasteiger partial charge in [-0.1, -0.05) is 18.2 Å². The van der Waals surface area contributed by atoms with E-state index >= 15 is 0 Å². The lowest BCUT2D eigenvalue weighted by Crippen LogP contribution is -2.34. The molecule has 20 heavy (non-hydrogen) atoms. The van der Waals surface area contributed by atoms with Gasteiger partial charge in [-0.2, -0.15) is 0 Å². The van der Waals surface area contributed by atoms with Crippen molar-refractivity contribution in [3.8, 4) is 5.75 Å². The molecule has 0 radical (unpaired) electrons. The first-order valence-electron chi connectivity index (χ1n) is 6.98. The molecule has 1 fully saturated rings. The van der Waals surface area contributed by atoms with Crippen molar-refractivity contribution in [2.45, 2.75) is 19.3 Å². The van der Waals surface area contributed by atoms with Crippen molar-refractivity contribution >= 4 is 11.8 Å². The average Bonchev–Trinajstić information content (AvgIpc) is 2.69. The molecule has 0 atom stereocenters. The Morgan fingerprint density at radius 3 is 2.85 bits per heavy atom. The van der Waals surface area contributed by atoms with Gasteiger partial charge in [-0.25, -0.2) is 0 Å². The normalized spacial score (nSPS) is 15.4. The molecule has 5 heteroatoms. The molecule has 0 bridgehead atoms. The molecule has 1 heterocycles. The number of nitrogens with zero attached hydrogens (tertiary/aromatic N) is 1. The number of hydrogen-bond acceptors (Lipinski definition) is 3. The van der Waals surface area contributed by atoms with Crippen molar-refractivity contribution in [1.82, 2.24) is 10.2 Å². The Labute approximate surface area is 118 Å². The van der Waals surface area contributed by atoms with Crippen LogP contribution in [0, 0.1) is 0 Å². The SMILES string of the molecule is O=C1CCN(C(=O)CCCOc2ccccc2)CCN1. The summed E-state index contributed by atoms with van der Waals surface area (Å²) in [5.41, 5.74) is 0. The van der Waals surface area contributed by atoms with Crippen molar-refractivity contribution in [3.63, 3.8) is 0 Å². The van der Waals surface area contributed by atoms with Gasteiger partial charge in [0.1, 0.15) is 5.75 Å². The highest BCUT2D eigenvalue weighted by Crippen LogP contribution is 2.09. The lowest BCUT2D eigenvalue weighted by molar-refractivity contribution is -0.131. The number of amides is 2. The number of ether oxygens (including phenoxy) is 1. The second-order valence-corrected chi connectivity index (χ2v) is 4.75. The van der Waals surface area contributed by atoms with E-state index in [9.17, 15) is 9.59 Å². The monoisotopic (exact) mass is 276 g/mol. The van der Waals surface area contributed by atoms with E-state index in [1.54, 1.807) is 4.90 Å². The summed E-state index contributed by atoms with van der Waals surface area (Å²) in [5, 5.41) is 2.76. The maximum Gasteiger partial charge on any atom is 0.222 e. The van der Waals surface area contributed by atoms with Gasteiger partial charge in [0.25, 0.3) is 0 Å². The zero-order valence-electron chi connectivity index (χ0n) is 11.5. The van der Waals surface area contributed by atoms with Gasteiger partial charge >= 0.3 is 0 Å². The summed E-state index contributed by atoms with van der Waals surface area (Å²) in [5.74, 6) is 0.940. The zero-order chi connectivity index (χ0) is 14.2. The molecule has 2 amide bonds. The van der Waals surface area contributed by atoms with E-state index in [1.807, 2.05) is 30.3 Å². The smallest absolute Gasteiger partial charge is 0.222 e. The van der Waals surface area contributed by atoms with Gasteiger partial charge in [0, 0.05) is 32.5 Å². The highest BCUT2D eigenvalue weighted by Gasteiger charge is 2.17. The molecule has 0 unspecified atom stereocenters. The summed E-state index contributed by atoms with van der Waals surface area (Å²) in [6.45, 7) is 2.19. The third-order valence-corrected chi connectivity index (χ3v) is 3.21. The second kappa shape index (κ2) is 7.53. The van der Waals surface area contributed by atoms with Crippen LogP contribution >= 0.6 is 0 Å². The minimum absolute atomic E-state index is 0.0210. The maximum absolute atomic E-state index is 12.0. The van der Waals surface area contributed by atoms with Crippen LogP contribution in [0.5, 0.6) is 5.75 Å². The Kier molecular flexibility index (Phi) is 5.41. The van der Waals surface area contributed by atoms with Gasteiger partial charge in [-0.3, -0.25) is 9.59 Å². The molecule has 1 aromatic rings. The number of benzene rings is 1. The first kappa shape index (κ1) is 14.4. The first-order valence-corrected chi connectivity index (χ1v) is 6.98. The largest absolute Gasteiger partial charge is 0.494 e. The summed E-state index contributed by atoms with van der Waals surface area (Å²) in [6.07, 6.45) is 1.54. The Morgan fingerprint density at radius 2 is 2.05 bits per heavy atom. The molecule has 0 spiro atoms. The van der Waals surface area contributed by atoms with Crippen molar-refractivity contribution in [3.05, 3.63) is 30.3 Å². The summed E-state index contributed by atoms with van der Waals surface area (Å²) in [6, 6.07) is 9.57. The molecule has 5 nitrogen and oxygen atoms in total. The fraction of sp³-hybridized carbons (Fsp3) is 0.467. The van der Waals surface area contributed by atoms with Crippen LogP contribution in [-0.4, -0.2) is 43.0 Å². The minimum Gasteiger partial charge on any atom is -0.494 e. The Balaban J connectivity index is 1.66.